The molecule has 0 bridgehead atoms. The van der Waals surface area contributed by atoms with Crippen LogP contribution in [0, 0.1) is 0 Å². The molecule has 0 aliphatic rings. The minimum absolute atomic E-state index is 0.582. The first-order valence-corrected chi connectivity index (χ1v) is 5.88. The lowest BCUT2D eigenvalue weighted by molar-refractivity contribution is -0.144. The van der Waals surface area contributed by atoms with Gasteiger partial charge in [0.15, 0.2) is 5.54 Å². The number of carbonyl (C=O) groups is 1. The number of nitrogens with one attached hydrogen (secondary N) is 1. The van der Waals surface area contributed by atoms with E-state index in [2.05, 4.69) is 10.3 Å². The summed E-state index contributed by atoms with van der Waals surface area (Å²) in [5, 5.41) is 14.7. The summed E-state index contributed by atoms with van der Waals surface area (Å²) >= 11 is 1.35. The Morgan fingerprint density at radius 3 is 2.81 bits per heavy atom. The molecule has 0 amide bonds. The number of hydrogen-bond donors (Lipinski definition) is 2. The summed E-state index contributed by atoms with van der Waals surface area (Å²) in [5.74, 6) is -0.902. The van der Waals surface area contributed by atoms with Gasteiger partial charge in [-0.25, -0.2) is 9.78 Å². The third-order valence-electron chi connectivity index (χ3n) is 2.33. The Morgan fingerprint density at radius 2 is 2.38 bits per heavy atom. The van der Waals surface area contributed by atoms with Gasteiger partial charge in [-0.2, -0.15) is 0 Å². The summed E-state index contributed by atoms with van der Waals surface area (Å²) in [6.07, 6.45) is 1.62. The summed E-state index contributed by atoms with van der Waals surface area (Å²) in [5.41, 5.74) is -1.09. The number of hydrogen-bond acceptors (Lipinski definition) is 5. The van der Waals surface area contributed by atoms with Gasteiger partial charge in [0.1, 0.15) is 5.01 Å². The molecule has 5 nitrogen and oxygen atoms in total. The van der Waals surface area contributed by atoms with Crippen molar-refractivity contribution in [2.24, 2.45) is 0 Å². The van der Waals surface area contributed by atoms with E-state index in [4.69, 9.17) is 0 Å². The Hall–Kier alpha value is -0.980. The molecule has 90 valence electrons. The number of rotatable bonds is 6. The van der Waals surface area contributed by atoms with Gasteiger partial charge in [-0.05, 0) is 21.0 Å². The summed E-state index contributed by atoms with van der Waals surface area (Å²) in [6.45, 7) is 3.04. The molecule has 0 aliphatic carbocycles. The zero-order chi connectivity index (χ0) is 12.2. The average molecular weight is 243 g/mol. The van der Waals surface area contributed by atoms with Gasteiger partial charge in [0.2, 0.25) is 0 Å². The van der Waals surface area contributed by atoms with Gasteiger partial charge in [0.05, 0.1) is 0 Å². The number of carboxylic acids is 1. The second kappa shape index (κ2) is 5.38. The van der Waals surface area contributed by atoms with Crippen LogP contribution in [0.2, 0.25) is 0 Å². The Balaban J connectivity index is 2.71. The molecule has 1 aromatic heterocycles. The van der Waals surface area contributed by atoms with Gasteiger partial charge in [0.25, 0.3) is 0 Å². The Morgan fingerprint density at radius 1 is 1.69 bits per heavy atom. The topological polar surface area (TPSA) is 65.5 Å². The van der Waals surface area contributed by atoms with Crippen LogP contribution in [0.25, 0.3) is 0 Å². The second-order valence-electron chi connectivity index (χ2n) is 4.00. The first-order chi connectivity index (χ1) is 7.47. The zero-order valence-corrected chi connectivity index (χ0v) is 10.5. The molecule has 0 fully saturated rings. The minimum Gasteiger partial charge on any atom is -0.480 e. The third kappa shape index (κ3) is 3.01. The molecule has 0 radical (unpaired) electrons. The van der Waals surface area contributed by atoms with Crippen molar-refractivity contribution < 1.29 is 9.90 Å². The molecule has 1 aromatic rings. The molecule has 1 unspecified atom stereocenters. The van der Waals surface area contributed by atoms with Crippen molar-refractivity contribution in [2.45, 2.75) is 12.5 Å². The van der Waals surface area contributed by atoms with Crippen LogP contribution in [0.15, 0.2) is 11.6 Å². The predicted molar refractivity (Wildman–Crippen MR) is 63.7 cm³/mol. The smallest absolute Gasteiger partial charge is 0.330 e. The summed E-state index contributed by atoms with van der Waals surface area (Å²) in [6, 6.07) is 0. The number of aromatic nitrogens is 1. The molecule has 0 aliphatic heterocycles. The van der Waals surface area contributed by atoms with E-state index < -0.39 is 11.5 Å². The molecule has 0 spiro atoms. The van der Waals surface area contributed by atoms with E-state index >= 15 is 0 Å². The Kier molecular flexibility index (Phi) is 4.40. The zero-order valence-electron chi connectivity index (χ0n) is 9.73. The number of thiazole rings is 1. The van der Waals surface area contributed by atoms with Crippen molar-refractivity contribution in [3.63, 3.8) is 0 Å². The van der Waals surface area contributed by atoms with Crippen molar-refractivity contribution in [1.82, 2.24) is 15.2 Å². The summed E-state index contributed by atoms with van der Waals surface area (Å²) in [7, 11) is 3.90. The first kappa shape index (κ1) is 13.1. The highest BCUT2D eigenvalue weighted by Gasteiger charge is 2.37. The van der Waals surface area contributed by atoms with E-state index in [-0.39, 0.29) is 0 Å². The normalized spacial score (nSPS) is 15.0. The van der Waals surface area contributed by atoms with Gasteiger partial charge < -0.3 is 10.0 Å². The van der Waals surface area contributed by atoms with Crippen LogP contribution in [-0.4, -0.2) is 48.1 Å². The van der Waals surface area contributed by atoms with Gasteiger partial charge in [0, 0.05) is 24.7 Å². The number of aliphatic carboxylic acids is 1. The maximum atomic E-state index is 11.3. The van der Waals surface area contributed by atoms with Crippen molar-refractivity contribution >= 4 is 17.3 Å². The van der Waals surface area contributed by atoms with E-state index in [1.165, 1.54) is 11.3 Å². The van der Waals surface area contributed by atoms with Crippen LogP contribution < -0.4 is 5.32 Å². The van der Waals surface area contributed by atoms with Gasteiger partial charge in [-0.3, -0.25) is 5.32 Å². The van der Waals surface area contributed by atoms with Crippen LogP contribution in [0.4, 0.5) is 0 Å². The minimum atomic E-state index is -1.09. The largest absolute Gasteiger partial charge is 0.480 e. The molecule has 0 saturated heterocycles. The SMILES string of the molecule is CN(C)CCNC(C)(C(=O)O)c1nccs1. The molecule has 1 heterocycles. The maximum absolute atomic E-state index is 11.3. The summed E-state index contributed by atoms with van der Waals surface area (Å²) < 4.78 is 0. The second-order valence-corrected chi connectivity index (χ2v) is 4.89. The Labute approximate surface area is 99.1 Å². The first-order valence-electron chi connectivity index (χ1n) is 5.00. The fraction of sp³-hybridized carbons (Fsp3) is 0.600. The molecule has 6 heteroatoms. The van der Waals surface area contributed by atoms with E-state index in [1.807, 2.05) is 19.0 Å². The van der Waals surface area contributed by atoms with Gasteiger partial charge >= 0.3 is 5.97 Å². The fourth-order valence-electron chi connectivity index (χ4n) is 1.24. The van der Waals surface area contributed by atoms with Crippen molar-refractivity contribution in [2.75, 3.05) is 27.2 Å². The van der Waals surface area contributed by atoms with Crippen molar-refractivity contribution in [1.29, 1.82) is 0 Å². The molecule has 2 N–H and O–H groups in total. The molecule has 0 saturated carbocycles. The quantitative estimate of drug-likeness (QED) is 0.765. The molecule has 0 aromatic carbocycles. The summed E-state index contributed by atoms with van der Waals surface area (Å²) in [4.78, 5) is 17.4. The van der Waals surface area contributed by atoms with Gasteiger partial charge in [-0.1, -0.05) is 0 Å². The van der Waals surface area contributed by atoms with Crippen LogP contribution in [0.5, 0.6) is 0 Å². The van der Waals surface area contributed by atoms with Crippen LogP contribution in [0.3, 0.4) is 0 Å². The lowest BCUT2D eigenvalue weighted by Gasteiger charge is -2.24. The highest BCUT2D eigenvalue weighted by Crippen LogP contribution is 2.22. The lowest BCUT2D eigenvalue weighted by atomic mass is 10.0. The maximum Gasteiger partial charge on any atom is 0.330 e. The molecule has 1 atom stereocenters. The fourth-order valence-corrected chi connectivity index (χ4v) is 2.01. The van der Waals surface area contributed by atoms with Crippen LogP contribution in [0.1, 0.15) is 11.9 Å². The van der Waals surface area contributed by atoms with Crippen LogP contribution in [-0.2, 0) is 10.3 Å². The van der Waals surface area contributed by atoms with Crippen LogP contribution >= 0.6 is 11.3 Å². The van der Waals surface area contributed by atoms with E-state index in [1.54, 1.807) is 18.5 Å². The lowest BCUT2D eigenvalue weighted by Crippen LogP contribution is -2.48. The van der Waals surface area contributed by atoms with E-state index in [0.717, 1.165) is 6.54 Å². The highest BCUT2D eigenvalue weighted by molar-refractivity contribution is 7.09. The highest BCUT2D eigenvalue weighted by atomic mass is 32.1. The van der Waals surface area contributed by atoms with Crippen molar-refractivity contribution in [3.8, 4) is 0 Å². The monoisotopic (exact) mass is 243 g/mol. The number of likely N-dealkylation sites (N-methyl/N-ethyl adjacent to an activating group) is 1. The van der Waals surface area contributed by atoms with Crippen molar-refractivity contribution in [3.05, 3.63) is 16.6 Å². The molecular weight excluding hydrogens is 226 g/mol. The van der Waals surface area contributed by atoms with E-state index in [0.29, 0.717) is 11.6 Å². The molecular formula is C10H17N3O2S. The van der Waals surface area contributed by atoms with Gasteiger partial charge in [-0.15, -0.1) is 11.3 Å². The molecule has 1 rings (SSSR count). The Bertz CT molecular complexity index is 340. The molecule has 16 heavy (non-hydrogen) atoms. The number of carboxylic acid groups (broad SMARTS) is 1. The van der Waals surface area contributed by atoms with E-state index in [9.17, 15) is 9.90 Å². The predicted octanol–water partition coefficient (Wildman–Crippen LogP) is 0.594. The number of nitrogens with zero attached hydrogens (tertiary/aromatic N) is 2. The third-order valence-corrected chi connectivity index (χ3v) is 3.32. The average Bonchev–Trinajstić information content (AvgIpc) is 2.69. The standard InChI is InChI=1S/C10H17N3O2S/c1-10(9(14)15,8-11-5-7-16-8)12-4-6-13(2)3/h5,7,12H,4,6H2,1-3H3,(H,14,15).